The van der Waals surface area contributed by atoms with Crippen molar-refractivity contribution in [2.24, 2.45) is 0 Å². The molecule has 2 fully saturated rings. The van der Waals surface area contributed by atoms with Gasteiger partial charge in [-0.25, -0.2) is 14.2 Å². The number of hydrogen-bond acceptors (Lipinski definition) is 5. The van der Waals surface area contributed by atoms with Crippen molar-refractivity contribution < 1.29 is 22.4 Å². The number of piperazine rings is 1. The number of amides is 2. The monoisotopic (exact) mass is 634 g/mol. The van der Waals surface area contributed by atoms with Crippen LogP contribution in [0.15, 0.2) is 54.7 Å². The molecule has 1 aromatic heterocycles. The van der Waals surface area contributed by atoms with Crippen molar-refractivity contribution in [3.63, 3.8) is 0 Å². The Labute approximate surface area is 256 Å². The second-order valence-corrected chi connectivity index (χ2v) is 11.5. The highest BCUT2D eigenvalue weighted by molar-refractivity contribution is 6.42. The number of carbonyl (C=O) groups excluding carboxylic acids is 1. The third-order valence-electron chi connectivity index (χ3n) is 8.03. The number of likely N-dealkylation sites (tertiary alicyclic amines) is 1. The lowest BCUT2D eigenvalue weighted by atomic mass is 9.93. The average molecular weight is 635 g/mol. The number of carbonyl (C=O) groups is 1. The molecule has 0 radical (unpaired) electrons. The van der Waals surface area contributed by atoms with Gasteiger partial charge in [-0.3, -0.25) is 4.90 Å². The minimum atomic E-state index is -4.78. The first-order valence-corrected chi connectivity index (χ1v) is 14.4. The lowest BCUT2D eigenvalue weighted by molar-refractivity contribution is -0.140. The molecule has 0 bridgehead atoms. The molecule has 13 heteroatoms. The molecule has 2 aliphatic rings. The number of rotatable bonds is 5. The first-order chi connectivity index (χ1) is 20.5. The zero-order chi connectivity index (χ0) is 30.9. The standard InChI is InChI=1S/C30H28Cl2F4N6O/c1-39(16-19-4-6-23(26(33)13-19)30(34,35)36)27-18-42(17-22(27)20-5-7-24(31)25(32)14-20)29(43)41-11-9-40(10-12-41)28-21(15-37)3-2-8-38-28/h2-8,13-14,22,27H,9-12,16-18H2,1H3/t22-,27+/m1/s1. The number of anilines is 1. The topological polar surface area (TPSA) is 66.7 Å². The smallest absolute Gasteiger partial charge is 0.352 e. The van der Waals surface area contributed by atoms with Gasteiger partial charge in [0.25, 0.3) is 0 Å². The van der Waals surface area contributed by atoms with Crippen LogP contribution in [0.1, 0.15) is 28.2 Å². The van der Waals surface area contributed by atoms with Gasteiger partial charge in [0.15, 0.2) is 0 Å². The first kappa shape index (κ1) is 30.9. The Bertz CT molecular complexity index is 1540. The Morgan fingerprint density at radius 2 is 1.79 bits per heavy atom. The number of nitriles is 1. The molecule has 3 heterocycles. The molecule has 5 rings (SSSR count). The predicted octanol–water partition coefficient (Wildman–Crippen LogP) is 6.26. The van der Waals surface area contributed by atoms with E-state index in [0.29, 0.717) is 66.3 Å². The lowest BCUT2D eigenvalue weighted by Crippen LogP contribution is -2.53. The van der Waals surface area contributed by atoms with E-state index in [9.17, 15) is 27.6 Å². The largest absolute Gasteiger partial charge is 0.419 e. The Morgan fingerprint density at radius 3 is 2.44 bits per heavy atom. The fraction of sp³-hybridized carbons (Fsp3) is 0.367. The molecule has 2 aliphatic heterocycles. The molecule has 0 aliphatic carbocycles. The van der Waals surface area contributed by atoms with Crippen LogP contribution in [0.4, 0.5) is 28.2 Å². The number of pyridine rings is 1. The van der Waals surface area contributed by atoms with Crippen molar-refractivity contribution in [1.29, 1.82) is 5.26 Å². The van der Waals surface area contributed by atoms with Gasteiger partial charge in [0.2, 0.25) is 0 Å². The molecule has 2 saturated heterocycles. The molecular weight excluding hydrogens is 607 g/mol. The van der Waals surface area contributed by atoms with Gasteiger partial charge in [0, 0.05) is 64.0 Å². The van der Waals surface area contributed by atoms with E-state index in [0.717, 1.165) is 17.7 Å². The fourth-order valence-corrected chi connectivity index (χ4v) is 6.10. The molecule has 2 amide bonds. The number of hydrogen-bond donors (Lipinski definition) is 0. The van der Waals surface area contributed by atoms with Gasteiger partial charge in [-0.15, -0.1) is 0 Å². The number of benzene rings is 2. The average Bonchev–Trinajstić information content (AvgIpc) is 3.43. The number of aromatic nitrogens is 1. The van der Waals surface area contributed by atoms with Gasteiger partial charge in [0.1, 0.15) is 17.7 Å². The van der Waals surface area contributed by atoms with Crippen molar-refractivity contribution in [2.45, 2.75) is 24.7 Å². The quantitative estimate of drug-likeness (QED) is 0.310. The number of alkyl halides is 3. The zero-order valence-corrected chi connectivity index (χ0v) is 24.7. The minimum Gasteiger partial charge on any atom is -0.352 e. The van der Waals surface area contributed by atoms with Crippen LogP contribution in [0.25, 0.3) is 0 Å². The fourth-order valence-electron chi connectivity index (χ4n) is 5.80. The van der Waals surface area contributed by atoms with Gasteiger partial charge >= 0.3 is 12.2 Å². The van der Waals surface area contributed by atoms with Crippen LogP contribution in [-0.2, 0) is 12.7 Å². The summed E-state index contributed by atoms with van der Waals surface area (Å²) in [5.41, 5.74) is 0.416. The van der Waals surface area contributed by atoms with E-state index in [-0.39, 0.29) is 24.5 Å². The van der Waals surface area contributed by atoms with Gasteiger partial charge < -0.3 is 14.7 Å². The van der Waals surface area contributed by atoms with Crippen LogP contribution in [0.3, 0.4) is 0 Å². The molecule has 0 spiro atoms. The number of halogens is 6. The maximum atomic E-state index is 14.3. The van der Waals surface area contributed by atoms with Crippen LogP contribution in [0, 0.1) is 17.1 Å². The Balaban J connectivity index is 1.32. The summed E-state index contributed by atoms with van der Waals surface area (Å²) in [5.74, 6) is -0.912. The summed E-state index contributed by atoms with van der Waals surface area (Å²) >= 11 is 12.5. The number of urea groups is 1. The molecule has 0 saturated carbocycles. The van der Waals surface area contributed by atoms with Gasteiger partial charge in [-0.2, -0.15) is 18.4 Å². The van der Waals surface area contributed by atoms with Gasteiger partial charge in [0.05, 0.1) is 21.2 Å². The normalized spacial score (nSPS) is 19.2. The van der Waals surface area contributed by atoms with Crippen LogP contribution in [-0.4, -0.2) is 78.1 Å². The van der Waals surface area contributed by atoms with Gasteiger partial charge in [-0.05, 0) is 54.6 Å². The van der Waals surface area contributed by atoms with E-state index < -0.39 is 17.6 Å². The molecule has 43 heavy (non-hydrogen) atoms. The summed E-state index contributed by atoms with van der Waals surface area (Å²) in [6.45, 7) is 2.83. The molecule has 226 valence electrons. The second kappa shape index (κ2) is 12.6. The maximum absolute atomic E-state index is 14.3. The predicted molar refractivity (Wildman–Crippen MR) is 156 cm³/mol. The van der Waals surface area contributed by atoms with Crippen LogP contribution in [0.2, 0.25) is 10.0 Å². The summed E-state index contributed by atoms with van der Waals surface area (Å²) in [6, 6.07) is 13.4. The van der Waals surface area contributed by atoms with E-state index >= 15 is 0 Å². The second-order valence-electron chi connectivity index (χ2n) is 10.7. The molecule has 7 nitrogen and oxygen atoms in total. The highest BCUT2D eigenvalue weighted by Gasteiger charge is 2.41. The Hall–Kier alpha value is -3.59. The summed E-state index contributed by atoms with van der Waals surface area (Å²) in [4.78, 5) is 25.5. The lowest BCUT2D eigenvalue weighted by Gasteiger charge is -2.37. The minimum absolute atomic E-state index is 0.136. The van der Waals surface area contributed by atoms with Crippen LogP contribution in [0.5, 0.6) is 0 Å². The molecule has 0 unspecified atom stereocenters. The Kier molecular flexibility index (Phi) is 9.02. The van der Waals surface area contributed by atoms with Crippen molar-refractivity contribution in [1.82, 2.24) is 19.7 Å². The van der Waals surface area contributed by atoms with Crippen LogP contribution < -0.4 is 4.90 Å². The van der Waals surface area contributed by atoms with E-state index in [2.05, 4.69) is 11.1 Å². The maximum Gasteiger partial charge on any atom is 0.419 e. The third kappa shape index (κ3) is 6.66. The third-order valence-corrected chi connectivity index (χ3v) is 8.76. The molecule has 2 aromatic carbocycles. The first-order valence-electron chi connectivity index (χ1n) is 13.6. The summed E-state index contributed by atoms with van der Waals surface area (Å²) in [6.07, 6.45) is -3.14. The molecule has 0 N–H and O–H groups in total. The van der Waals surface area contributed by atoms with E-state index in [1.165, 1.54) is 6.07 Å². The highest BCUT2D eigenvalue weighted by atomic mass is 35.5. The highest BCUT2D eigenvalue weighted by Crippen LogP contribution is 2.36. The van der Waals surface area contributed by atoms with E-state index in [1.54, 1.807) is 47.3 Å². The summed E-state index contributed by atoms with van der Waals surface area (Å²) < 4.78 is 53.5. The molecular formula is C30H28Cl2F4N6O. The molecule has 2 atom stereocenters. The number of likely N-dealkylation sites (N-methyl/N-ethyl adjacent to an activating group) is 1. The summed E-state index contributed by atoms with van der Waals surface area (Å²) in [7, 11) is 1.80. The molecule has 3 aromatic rings. The van der Waals surface area contributed by atoms with Crippen molar-refractivity contribution in [3.8, 4) is 6.07 Å². The zero-order valence-electron chi connectivity index (χ0n) is 23.2. The van der Waals surface area contributed by atoms with Gasteiger partial charge in [-0.1, -0.05) is 35.3 Å². The van der Waals surface area contributed by atoms with Crippen molar-refractivity contribution in [2.75, 3.05) is 51.2 Å². The van der Waals surface area contributed by atoms with E-state index in [4.69, 9.17) is 23.2 Å². The SMILES string of the molecule is CN(Cc1ccc(C(F)(F)F)c(F)c1)[C@H]1CN(C(=O)N2CCN(c3ncccc3C#N)CC2)C[C@@H]1c1ccc(Cl)c(Cl)c1. The van der Waals surface area contributed by atoms with Crippen molar-refractivity contribution in [3.05, 3.63) is 92.8 Å². The van der Waals surface area contributed by atoms with Crippen molar-refractivity contribution >= 4 is 35.1 Å². The van der Waals surface area contributed by atoms with Crippen LogP contribution >= 0.6 is 23.2 Å². The Morgan fingerprint density at radius 1 is 1.05 bits per heavy atom. The number of nitrogens with zero attached hydrogens (tertiary/aromatic N) is 6. The van der Waals surface area contributed by atoms with E-state index in [1.807, 2.05) is 15.9 Å². The summed E-state index contributed by atoms with van der Waals surface area (Å²) in [5, 5.41) is 10.2.